The number of esters is 1. The number of benzene rings is 1. The van der Waals surface area contributed by atoms with Crippen molar-refractivity contribution >= 4 is 17.9 Å². The molecule has 152 valence electrons. The van der Waals surface area contributed by atoms with E-state index < -0.39 is 35.5 Å². The van der Waals surface area contributed by atoms with Crippen molar-refractivity contribution in [3.8, 4) is 0 Å². The molecule has 1 saturated heterocycles. The average Bonchev–Trinajstić information content (AvgIpc) is 2.68. The third kappa shape index (κ3) is 3.67. The molecule has 28 heavy (non-hydrogen) atoms. The minimum absolute atomic E-state index is 0.295. The molecule has 6 nitrogen and oxygen atoms in total. The highest BCUT2D eigenvalue weighted by atomic mass is 19.4. The highest BCUT2D eigenvalue weighted by Gasteiger charge is 2.65. The van der Waals surface area contributed by atoms with E-state index in [1.54, 1.807) is 0 Å². The van der Waals surface area contributed by atoms with Gasteiger partial charge in [-0.25, -0.2) is 9.18 Å². The summed E-state index contributed by atoms with van der Waals surface area (Å²) >= 11 is 0. The lowest BCUT2D eigenvalue weighted by Gasteiger charge is -2.35. The van der Waals surface area contributed by atoms with E-state index in [0.717, 1.165) is 25.3 Å². The standard InChI is InChI=1S/C18H19F4N3O3/c1-2-27-15(26)17(18(20,21)22)23-14(12-8-4-5-9-13(12)19)28-16(24-17)25-10-6-3-7-11-25/h4-5,8-9H,2-3,6-7,10-11H2,1H3/t17-/m0/s1. The quantitative estimate of drug-likeness (QED) is 0.576. The van der Waals surface area contributed by atoms with Crippen LogP contribution in [0.2, 0.25) is 0 Å². The number of ether oxygens (including phenoxy) is 2. The molecule has 1 aromatic rings. The molecule has 3 rings (SSSR count). The first-order valence-electron chi connectivity index (χ1n) is 8.90. The fourth-order valence-electron chi connectivity index (χ4n) is 2.98. The maximum absolute atomic E-state index is 14.2. The van der Waals surface area contributed by atoms with Crippen LogP contribution in [-0.2, 0) is 14.3 Å². The topological polar surface area (TPSA) is 63.5 Å². The molecule has 2 aliphatic heterocycles. The molecule has 0 unspecified atom stereocenters. The zero-order valence-corrected chi connectivity index (χ0v) is 15.1. The molecule has 0 aliphatic carbocycles. The van der Waals surface area contributed by atoms with Crippen LogP contribution >= 0.6 is 0 Å². The van der Waals surface area contributed by atoms with Gasteiger partial charge in [-0.1, -0.05) is 12.1 Å². The van der Waals surface area contributed by atoms with Crippen LogP contribution in [0.1, 0.15) is 31.7 Å². The molecule has 0 radical (unpaired) electrons. The number of halogens is 4. The minimum Gasteiger partial charge on any atom is -0.462 e. The second-order valence-corrected chi connectivity index (χ2v) is 6.33. The number of aliphatic imine (C=N–C) groups is 2. The van der Waals surface area contributed by atoms with Crippen LogP contribution in [0.5, 0.6) is 0 Å². The summed E-state index contributed by atoms with van der Waals surface area (Å²) in [5.74, 6) is -3.19. The van der Waals surface area contributed by atoms with Gasteiger partial charge in [0.05, 0.1) is 12.2 Å². The number of alkyl halides is 3. The molecular weight excluding hydrogens is 382 g/mol. The maximum Gasteiger partial charge on any atom is 0.446 e. The molecular formula is C18H19F4N3O3. The Morgan fingerprint density at radius 1 is 1.21 bits per heavy atom. The Morgan fingerprint density at radius 3 is 2.50 bits per heavy atom. The molecule has 1 atom stereocenters. The maximum atomic E-state index is 14.2. The van der Waals surface area contributed by atoms with Crippen LogP contribution in [0.25, 0.3) is 0 Å². The van der Waals surface area contributed by atoms with Gasteiger partial charge in [0.2, 0.25) is 5.90 Å². The van der Waals surface area contributed by atoms with E-state index in [0.29, 0.717) is 13.1 Å². The Hall–Kier alpha value is -2.65. The Balaban J connectivity index is 2.16. The first-order chi connectivity index (χ1) is 13.3. The Bertz CT molecular complexity index is 804. The van der Waals surface area contributed by atoms with Gasteiger partial charge in [-0.05, 0) is 38.3 Å². The molecule has 0 spiro atoms. The number of hydrogen-bond acceptors (Lipinski definition) is 6. The van der Waals surface area contributed by atoms with Gasteiger partial charge in [0.15, 0.2) is 0 Å². The lowest BCUT2D eigenvalue weighted by molar-refractivity contribution is -0.204. The zero-order valence-electron chi connectivity index (χ0n) is 15.1. The van der Waals surface area contributed by atoms with Crippen LogP contribution < -0.4 is 0 Å². The smallest absolute Gasteiger partial charge is 0.446 e. The molecule has 1 fully saturated rings. The molecule has 2 aliphatic rings. The first-order valence-corrected chi connectivity index (χ1v) is 8.90. The van der Waals surface area contributed by atoms with Crippen molar-refractivity contribution in [2.75, 3.05) is 19.7 Å². The van der Waals surface area contributed by atoms with E-state index in [9.17, 15) is 22.4 Å². The third-order valence-electron chi connectivity index (χ3n) is 4.39. The second-order valence-electron chi connectivity index (χ2n) is 6.33. The van der Waals surface area contributed by atoms with E-state index in [4.69, 9.17) is 4.74 Å². The third-order valence-corrected chi connectivity index (χ3v) is 4.39. The normalized spacial score (nSPS) is 22.8. The summed E-state index contributed by atoms with van der Waals surface area (Å²) < 4.78 is 66.4. The molecule has 1 aromatic carbocycles. The summed E-state index contributed by atoms with van der Waals surface area (Å²) in [5, 5.41) is 0. The fourth-order valence-corrected chi connectivity index (χ4v) is 2.98. The van der Waals surface area contributed by atoms with E-state index in [1.165, 1.54) is 30.0 Å². The van der Waals surface area contributed by atoms with Crippen LogP contribution in [0, 0.1) is 5.82 Å². The van der Waals surface area contributed by atoms with Gasteiger partial charge in [-0.2, -0.15) is 23.2 Å². The largest absolute Gasteiger partial charge is 0.462 e. The van der Waals surface area contributed by atoms with Crippen molar-refractivity contribution in [1.29, 1.82) is 0 Å². The van der Waals surface area contributed by atoms with Crippen LogP contribution in [0.4, 0.5) is 17.6 Å². The number of amidine groups is 1. The monoisotopic (exact) mass is 401 g/mol. The van der Waals surface area contributed by atoms with E-state index >= 15 is 0 Å². The van der Waals surface area contributed by atoms with Crippen molar-refractivity contribution < 1.29 is 31.8 Å². The van der Waals surface area contributed by atoms with Crippen molar-refractivity contribution in [1.82, 2.24) is 4.90 Å². The van der Waals surface area contributed by atoms with Crippen LogP contribution in [0.15, 0.2) is 34.3 Å². The van der Waals surface area contributed by atoms with Gasteiger partial charge < -0.3 is 14.4 Å². The molecule has 10 heteroatoms. The summed E-state index contributed by atoms with van der Waals surface area (Å²) in [6, 6.07) is 4.67. The van der Waals surface area contributed by atoms with E-state index in [2.05, 4.69) is 14.7 Å². The minimum atomic E-state index is -5.21. The van der Waals surface area contributed by atoms with Crippen molar-refractivity contribution in [3.05, 3.63) is 35.6 Å². The van der Waals surface area contributed by atoms with Gasteiger partial charge in [-0.15, -0.1) is 0 Å². The van der Waals surface area contributed by atoms with Gasteiger partial charge in [0, 0.05) is 13.1 Å². The van der Waals surface area contributed by atoms with E-state index in [-0.39, 0.29) is 12.2 Å². The van der Waals surface area contributed by atoms with Gasteiger partial charge in [-0.3, -0.25) is 0 Å². The molecule has 2 heterocycles. The number of rotatable bonds is 3. The van der Waals surface area contributed by atoms with E-state index in [1.807, 2.05) is 0 Å². The number of nitrogens with zero attached hydrogens (tertiary/aromatic N) is 3. The SMILES string of the molecule is CCOC(=O)[C@]1(C(F)(F)F)N=C(c2ccccc2F)OC(N2CCCCC2)=N1. The summed E-state index contributed by atoms with van der Waals surface area (Å²) in [6.45, 7) is 1.88. The van der Waals surface area contributed by atoms with Crippen molar-refractivity contribution in [2.45, 2.75) is 38.0 Å². The predicted molar refractivity (Wildman–Crippen MR) is 92.3 cm³/mol. The van der Waals surface area contributed by atoms with Gasteiger partial charge >= 0.3 is 17.8 Å². The van der Waals surface area contributed by atoms with Gasteiger partial charge in [0.25, 0.3) is 6.02 Å². The lowest BCUT2D eigenvalue weighted by atomic mass is 10.1. The first kappa shape index (κ1) is 20.1. The lowest BCUT2D eigenvalue weighted by Crippen LogP contribution is -2.55. The number of carbonyl (C=O) groups excluding carboxylic acids is 1. The number of likely N-dealkylation sites (tertiary alicyclic amines) is 1. The second kappa shape index (κ2) is 7.76. The summed E-state index contributed by atoms with van der Waals surface area (Å²) in [4.78, 5) is 20.8. The van der Waals surface area contributed by atoms with Gasteiger partial charge in [0.1, 0.15) is 5.82 Å². The van der Waals surface area contributed by atoms with Crippen molar-refractivity contribution in [2.24, 2.45) is 9.98 Å². The number of hydrogen-bond donors (Lipinski definition) is 0. The molecule has 0 saturated carbocycles. The molecule has 0 amide bonds. The Morgan fingerprint density at radius 2 is 1.89 bits per heavy atom. The average molecular weight is 401 g/mol. The predicted octanol–water partition coefficient (Wildman–Crippen LogP) is 3.27. The summed E-state index contributed by atoms with van der Waals surface area (Å²) in [5.41, 5.74) is -3.85. The van der Waals surface area contributed by atoms with Crippen molar-refractivity contribution in [3.63, 3.8) is 0 Å². The number of carbonyl (C=O) groups is 1. The number of piperidine rings is 1. The molecule has 0 aromatic heterocycles. The molecule has 0 N–H and O–H groups in total. The van der Waals surface area contributed by atoms with Crippen LogP contribution in [-0.4, -0.2) is 54.3 Å². The zero-order chi connectivity index (χ0) is 20.4. The van der Waals surface area contributed by atoms with Crippen LogP contribution in [0.3, 0.4) is 0 Å². The highest BCUT2D eigenvalue weighted by Crippen LogP contribution is 2.39. The highest BCUT2D eigenvalue weighted by molar-refractivity contribution is 6.05. The summed E-state index contributed by atoms with van der Waals surface area (Å²) in [7, 11) is 0. The fraction of sp³-hybridized carbons (Fsp3) is 0.500. The Kier molecular flexibility index (Phi) is 5.57. The molecule has 0 bridgehead atoms. The Labute approximate surface area is 158 Å². The summed E-state index contributed by atoms with van der Waals surface area (Å²) in [6.07, 6.45) is -2.83.